The van der Waals surface area contributed by atoms with E-state index >= 15 is 0 Å². The molecule has 29 heavy (non-hydrogen) atoms. The van der Waals surface area contributed by atoms with Gasteiger partial charge < -0.3 is 20.7 Å². The molecule has 2 heterocycles. The molecule has 2 amide bonds. The SMILES string of the molecule is CNC(=N)NC(=O)NCc1cccc(-c2cnc(NCC3CCOCC3)nc2)c1. The van der Waals surface area contributed by atoms with Crippen LogP contribution in [-0.4, -0.2) is 48.8 Å². The molecule has 3 rings (SSSR count). The second-order valence-corrected chi connectivity index (χ2v) is 6.87. The minimum atomic E-state index is -0.432. The first-order valence-corrected chi connectivity index (χ1v) is 9.68. The van der Waals surface area contributed by atoms with E-state index in [1.54, 1.807) is 19.4 Å². The van der Waals surface area contributed by atoms with Gasteiger partial charge >= 0.3 is 6.03 Å². The van der Waals surface area contributed by atoms with Crippen molar-refractivity contribution in [3.05, 3.63) is 42.2 Å². The van der Waals surface area contributed by atoms with Crippen molar-refractivity contribution in [3.63, 3.8) is 0 Å². The molecule has 1 aliphatic rings. The topological polar surface area (TPSA) is 124 Å². The average Bonchev–Trinajstić information content (AvgIpc) is 2.77. The number of carbonyl (C=O) groups excluding carboxylic acids is 1. The monoisotopic (exact) mass is 397 g/mol. The zero-order chi connectivity index (χ0) is 20.5. The zero-order valence-corrected chi connectivity index (χ0v) is 16.5. The van der Waals surface area contributed by atoms with E-state index < -0.39 is 6.03 Å². The van der Waals surface area contributed by atoms with Gasteiger partial charge in [0.25, 0.3) is 0 Å². The summed E-state index contributed by atoms with van der Waals surface area (Å²) in [6, 6.07) is 7.39. The number of rotatable bonds is 6. The van der Waals surface area contributed by atoms with Crippen molar-refractivity contribution >= 4 is 17.9 Å². The summed E-state index contributed by atoms with van der Waals surface area (Å²) in [6.45, 7) is 2.87. The number of ether oxygens (including phenoxy) is 1. The second-order valence-electron chi connectivity index (χ2n) is 6.87. The van der Waals surface area contributed by atoms with Crippen LogP contribution in [0, 0.1) is 11.3 Å². The van der Waals surface area contributed by atoms with Crippen molar-refractivity contribution in [3.8, 4) is 11.1 Å². The summed E-state index contributed by atoms with van der Waals surface area (Å²) >= 11 is 0. The highest BCUT2D eigenvalue weighted by Gasteiger charge is 2.13. The first-order valence-electron chi connectivity index (χ1n) is 9.68. The Bertz CT molecular complexity index is 820. The number of hydrogen-bond donors (Lipinski definition) is 5. The van der Waals surface area contributed by atoms with Crippen LogP contribution in [0.3, 0.4) is 0 Å². The van der Waals surface area contributed by atoms with E-state index in [0.29, 0.717) is 18.4 Å². The lowest BCUT2D eigenvalue weighted by Gasteiger charge is -2.22. The summed E-state index contributed by atoms with van der Waals surface area (Å²) < 4.78 is 5.38. The first kappa shape index (κ1) is 20.5. The molecule has 1 aromatic heterocycles. The number of aromatic nitrogens is 2. The number of guanidine groups is 1. The van der Waals surface area contributed by atoms with E-state index in [1.807, 2.05) is 24.3 Å². The predicted molar refractivity (Wildman–Crippen MR) is 112 cm³/mol. The molecule has 0 unspecified atom stereocenters. The molecule has 0 bridgehead atoms. The maximum absolute atomic E-state index is 11.7. The number of carbonyl (C=O) groups is 1. The molecule has 9 nitrogen and oxygen atoms in total. The summed E-state index contributed by atoms with van der Waals surface area (Å²) in [4.78, 5) is 20.6. The van der Waals surface area contributed by atoms with Crippen LogP contribution >= 0.6 is 0 Å². The highest BCUT2D eigenvalue weighted by molar-refractivity contribution is 5.94. The third kappa shape index (κ3) is 6.42. The predicted octanol–water partition coefficient (Wildman–Crippen LogP) is 1.94. The fourth-order valence-electron chi connectivity index (χ4n) is 3.02. The Hall–Kier alpha value is -3.20. The van der Waals surface area contributed by atoms with Crippen LogP contribution in [0.5, 0.6) is 0 Å². The van der Waals surface area contributed by atoms with Gasteiger partial charge in [-0.25, -0.2) is 14.8 Å². The fraction of sp³-hybridized carbons (Fsp3) is 0.400. The van der Waals surface area contributed by atoms with Gasteiger partial charge in [-0.1, -0.05) is 18.2 Å². The molecule has 1 fully saturated rings. The Labute approximate surface area is 170 Å². The summed E-state index contributed by atoms with van der Waals surface area (Å²) in [5.41, 5.74) is 2.82. The Morgan fingerprint density at radius 2 is 1.97 bits per heavy atom. The maximum atomic E-state index is 11.7. The molecular formula is C20H27N7O2. The van der Waals surface area contributed by atoms with Crippen LogP contribution in [0.25, 0.3) is 11.1 Å². The largest absolute Gasteiger partial charge is 0.381 e. The van der Waals surface area contributed by atoms with E-state index in [2.05, 4.69) is 31.2 Å². The van der Waals surface area contributed by atoms with Crippen molar-refractivity contribution in [2.45, 2.75) is 19.4 Å². The number of nitrogens with one attached hydrogen (secondary N) is 5. The number of anilines is 1. The van der Waals surface area contributed by atoms with Gasteiger partial charge in [0.2, 0.25) is 5.95 Å². The molecule has 1 aromatic carbocycles. The van der Waals surface area contributed by atoms with Crippen LogP contribution in [-0.2, 0) is 11.3 Å². The molecule has 0 aliphatic carbocycles. The first-order chi connectivity index (χ1) is 14.1. The molecule has 1 aliphatic heterocycles. The molecule has 0 radical (unpaired) electrons. The lowest BCUT2D eigenvalue weighted by atomic mass is 10.0. The molecule has 9 heteroatoms. The van der Waals surface area contributed by atoms with Crippen molar-refractivity contribution in [2.75, 3.05) is 32.1 Å². The summed E-state index contributed by atoms with van der Waals surface area (Å²) in [5.74, 6) is 1.17. The normalized spacial score (nSPS) is 14.1. The molecule has 154 valence electrons. The number of hydrogen-bond acceptors (Lipinski definition) is 6. The Morgan fingerprint density at radius 1 is 1.21 bits per heavy atom. The zero-order valence-electron chi connectivity index (χ0n) is 16.5. The van der Waals surface area contributed by atoms with E-state index in [-0.39, 0.29) is 5.96 Å². The Balaban J connectivity index is 1.54. The Morgan fingerprint density at radius 3 is 2.69 bits per heavy atom. The van der Waals surface area contributed by atoms with Gasteiger partial charge in [-0.05, 0) is 36.0 Å². The van der Waals surface area contributed by atoms with Crippen LogP contribution in [0.1, 0.15) is 18.4 Å². The Kier molecular flexibility index (Phi) is 7.34. The van der Waals surface area contributed by atoms with Crippen molar-refractivity contribution < 1.29 is 9.53 Å². The third-order valence-corrected chi connectivity index (χ3v) is 4.74. The highest BCUT2D eigenvalue weighted by Crippen LogP contribution is 2.20. The lowest BCUT2D eigenvalue weighted by molar-refractivity contribution is 0.0699. The number of nitrogens with zero attached hydrogens (tertiary/aromatic N) is 2. The van der Waals surface area contributed by atoms with Gasteiger partial charge in [0.15, 0.2) is 5.96 Å². The molecule has 0 saturated carbocycles. The second kappa shape index (κ2) is 10.4. The molecule has 0 atom stereocenters. The van der Waals surface area contributed by atoms with Gasteiger partial charge in [0.1, 0.15) is 0 Å². The summed E-state index contributed by atoms with van der Waals surface area (Å²) in [5, 5.41) is 18.3. The van der Waals surface area contributed by atoms with Crippen molar-refractivity contribution in [1.82, 2.24) is 25.9 Å². The number of benzene rings is 1. The van der Waals surface area contributed by atoms with Crippen LogP contribution in [0.4, 0.5) is 10.7 Å². The van der Waals surface area contributed by atoms with Crippen molar-refractivity contribution in [2.24, 2.45) is 5.92 Å². The van der Waals surface area contributed by atoms with Gasteiger partial charge in [0.05, 0.1) is 0 Å². The third-order valence-electron chi connectivity index (χ3n) is 4.74. The molecule has 1 saturated heterocycles. The lowest BCUT2D eigenvalue weighted by Crippen LogP contribution is -2.43. The minimum absolute atomic E-state index is 0.0566. The standard InChI is InChI=1S/C20H27N7O2/c1-22-18(21)27-20(28)26-11-15-3-2-4-16(9-15)17-12-24-19(25-13-17)23-10-14-5-7-29-8-6-14/h2-4,9,12-14H,5-8,10-11H2,1H3,(H,23,24,25)(H4,21,22,26,27,28). The maximum Gasteiger partial charge on any atom is 0.321 e. The molecule has 2 aromatic rings. The molecular weight excluding hydrogens is 370 g/mol. The molecule has 0 spiro atoms. The highest BCUT2D eigenvalue weighted by atomic mass is 16.5. The van der Waals surface area contributed by atoms with Crippen LogP contribution in [0.15, 0.2) is 36.7 Å². The average molecular weight is 397 g/mol. The van der Waals surface area contributed by atoms with Crippen LogP contribution < -0.4 is 21.3 Å². The van der Waals surface area contributed by atoms with Gasteiger partial charge in [-0.3, -0.25) is 10.7 Å². The quantitative estimate of drug-likeness (QED) is 0.375. The summed E-state index contributed by atoms with van der Waals surface area (Å²) in [7, 11) is 1.57. The summed E-state index contributed by atoms with van der Waals surface area (Å²) in [6.07, 6.45) is 5.74. The minimum Gasteiger partial charge on any atom is -0.381 e. The van der Waals surface area contributed by atoms with E-state index in [4.69, 9.17) is 10.1 Å². The van der Waals surface area contributed by atoms with Crippen LogP contribution in [0.2, 0.25) is 0 Å². The number of urea groups is 1. The fourth-order valence-corrected chi connectivity index (χ4v) is 3.02. The van der Waals surface area contributed by atoms with E-state index in [0.717, 1.165) is 49.3 Å². The van der Waals surface area contributed by atoms with E-state index in [1.165, 1.54) is 0 Å². The molecule has 5 N–H and O–H groups in total. The van der Waals surface area contributed by atoms with Crippen molar-refractivity contribution in [1.29, 1.82) is 5.41 Å². The van der Waals surface area contributed by atoms with E-state index in [9.17, 15) is 4.79 Å². The number of amides is 2. The van der Waals surface area contributed by atoms with Gasteiger partial charge in [-0.15, -0.1) is 0 Å². The smallest absolute Gasteiger partial charge is 0.321 e. The van der Waals surface area contributed by atoms with Gasteiger partial charge in [0, 0.05) is 51.3 Å². The van der Waals surface area contributed by atoms with Gasteiger partial charge in [-0.2, -0.15) is 0 Å².